The van der Waals surface area contributed by atoms with Crippen molar-refractivity contribution in [3.05, 3.63) is 44.9 Å². The average molecular weight is 376 g/mol. The number of rotatable bonds is 3. The van der Waals surface area contributed by atoms with Crippen molar-refractivity contribution in [3.63, 3.8) is 0 Å². The molecule has 0 fully saturated rings. The average Bonchev–Trinajstić information content (AvgIpc) is 2.75. The Morgan fingerprint density at radius 3 is 2.67 bits per heavy atom. The zero-order valence-corrected chi connectivity index (χ0v) is 14.0. The zero-order valence-electron chi connectivity index (χ0n) is 11.7. The third kappa shape index (κ3) is 2.82. The van der Waals surface area contributed by atoms with Crippen LogP contribution in [0, 0.1) is 5.82 Å². The first-order chi connectivity index (χ1) is 9.88. The SMILES string of the molecule is COC(=O)c1nn(-c2c(F)cccc2Cl)c(C(C)C)c1Br. The fourth-order valence-electron chi connectivity index (χ4n) is 2.00. The molecule has 0 radical (unpaired) electrons. The topological polar surface area (TPSA) is 44.1 Å². The van der Waals surface area contributed by atoms with E-state index in [2.05, 4.69) is 21.0 Å². The summed E-state index contributed by atoms with van der Waals surface area (Å²) < 4.78 is 20.6. The fourth-order valence-corrected chi connectivity index (χ4v) is 3.11. The van der Waals surface area contributed by atoms with Crippen LogP contribution in [0.3, 0.4) is 0 Å². The summed E-state index contributed by atoms with van der Waals surface area (Å²) in [6, 6.07) is 4.37. The van der Waals surface area contributed by atoms with Gasteiger partial charge in [0.15, 0.2) is 5.69 Å². The van der Waals surface area contributed by atoms with Crippen molar-refractivity contribution in [3.8, 4) is 5.69 Å². The van der Waals surface area contributed by atoms with E-state index in [1.54, 1.807) is 6.07 Å². The van der Waals surface area contributed by atoms with Gasteiger partial charge in [0.05, 0.1) is 22.3 Å². The molecule has 0 atom stereocenters. The number of methoxy groups -OCH3 is 1. The van der Waals surface area contributed by atoms with Gasteiger partial charge in [0.2, 0.25) is 0 Å². The number of carbonyl (C=O) groups is 1. The van der Waals surface area contributed by atoms with Crippen LogP contribution in [0.15, 0.2) is 22.7 Å². The van der Waals surface area contributed by atoms with Gasteiger partial charge in [-0.05, 0) is 34.0 Å². The van der Waals surface area contributed by atoms with Gasteiger partial charge >= 0.3 is 5.97 Å². The van der Waals surface area contributed by atoms with Crippen LogP contribution in [0.5, 0.6) is 0 Å². The first-order valence-corrected chi connectivity index (χ1v) is 7.36. The van der Waals surface area contributed by atoms with E-state index in [0.29, 0.717) is 10.2 Å². The molecule has 0 amide bonds. The van der Waals surface area contributed by atoms with Crippen molar-refractivity contribution < 1.29 is 13.9 Å². The lowest BCUT2D eigenvalue weighted by Gasteiger charge is -2.12. The molecule has 7 heteroatoms. The van der Waals surface area contributed by atoms with E-state index in [-0.39, 0.29) is 22.3 Å². The molecule has 0 aliphatic heterocycles. The summed E-state index contributed by atoms with van der Waals surface area (Å²) in [6.45, 7) is 3.82. The van der Waals surface area contributed by atoms with Crippen molar-refractivity contribution in [2.24, 2.45) is 0 Å². The molecule has 0 unspecified atom stereocenters. The highest BCUT2D eigenvalue weighted by Gasteiger charge is 2.26. The summed E-state index contributed by atoms with van der Waals surface area (Å²) in [6.07, 6.45) is 0. The van der Waals surface area contributed by atoms with E-state index >= 15 is 0 Å². The molecule has 0 N–H and O–H groups in total. The normalized spacial score (nSPS) is 11.0. The summed E-state index contributed by atoms with van der Waals surface area (Å²) in [5, 5.41) is 4.38. The molecule has 0 aliphatic carbocycles. The molecule has 0 aliphatic rings. The second-order valence-electron chi connectivity index (χ2n) is 4.68. The Labute approximate surface area is 135 Å². The van der Waals surface area contributed by atoms with Crippen LogP contribution in [0.4, 0.5) is 4.39 Å². The number of aromatic nitrogens is 2. The highest BCUT2D eigenvalue weighted by molar-refractivity contribution is 9.10. The molecule has 2 aromatic rings. The van der Waals surface area contributed by atoms with Crippen molar-refractivity contribution >= 4 is 33.5 Å². The van der Waals surface area contributed by atoms with Crippen molar-refractivity contribution in [2.75, 3.05) is 7.11 Å². The van der Waals surface area contributed by atoms with E-state index in [1.165, 1.54) is 23.9 Å². The maximum Gasteiger partial charge on any atom is 0.359 e. The Balaban J connectivity index is 2.77. The molecule has 1 heterocycles. The smallest absolute Gasteiger partial charge is 0.359 e. The van der Waals surface area contributed by atoms with Gasteiger partial charge in [-0.2, -0.15) is 5.10 Å². The first-order valence-electron chi connectivity index (χ1n) is 6.19. The minimum Gasteiger partial charge on any atom is -0.464 e. The number of carbonyl (C=O) groups excluding carboxylic acids is 1. The quantitative estimate of drug-likeness (QED) is 0.750. The molecule has 21 heavy (non-hydrogen) atoms. The number of para-hydroxylation sites is 1. The third-order valence-corrected chi connectivity index (χ3v) is 4.02. The predicted molar refractivity (Wildman–Crippen MR) is 81.7 cm³/mol. The Hall–Kier alpha value is -1.40. The van der Waals surface area contributed by atoms with Gasteiger partial charge in [-0.3, -0.25) is 0 Å². The van der Waals surface area contributed by atoms with Crippen LogP contribution in [-0.4, -0.2) is 22.9 Å². The Morgan fingerprint density at radius 2 is 2.14 bits per heavy atom. The van der Waals surface area contributed by atoms with Gasteiger partial charge < -0.3 is 4.74 Å². The van der Waals surface area contributed by atoms with E-state index in [9.17, 15) is 9.18 Å². The number of ether oxygens (including phenoxy) is 1. The lowest BCUT2D eigenvalue weighted by atomic mass is 10.1. The molecular formula is C14H13BrClFN2O2. The highest BCUT2D eigenvalue weighted by atomic mass is 79.9. The first kappa shape index (κ1) is 16.0. The molecule has 0 spiro atoms. The van der Waals surface area contributed by atoms with Crippen LogP contribution < -0.4 is 0 Å². The van der Waals surface area contributed by atoms with Crippen LogP contribution in [0.1, 0.15) is 35.9 Å². The number of esters is 1. The van der Waals surface area contributed by atoms with Gasteiger partial charge in [-0.15, -0.1) is 0 Å². The number of hydrogen-bond donors (Lipinski definition) is 0. The van der Waals surface area contributed by atoms with Crippen LogP contribution in [-0.2, 0) is 4.74 Å². The van der Waals surface area contributed by atoms with Gasteiger partial charge in [-0.25, -0.2) is 13.9 Å². The number of hydrogen-bond acceptors (Lipinski definition) is 3. The Kier molecular flexibility index (Phi) is 4.68. The molecule has 2 rings (SSSR count). The largest absolute Gasteiger partial charge is 0.464 e. The minimum atomic E-state index is -0.602. The minimum absolute atomic E-state index is 0.0130. The second kappa shape index (κ2) is 6.15. The monoisotopic (exact) mass is 374 g/mol. The van der Waals surface area contributed by atoms with Crippen LogP contribution in [0.2, 0.25) is 5.02 Å². The molecule has 4 nitrogen and oxygen atoms in total. The standard InChI is InChI=1S/C14H13BrClFN2O2/c1-7(2)12-10(15)11(14(20)21-3)18-19(12)13-8(16)5-4-6-9(13)17/h4-7H,1-3H3. The molecular weight excluding hydrogens is 363 g/mol. The molecule has 112 valence electrons. The summed E-state index contributed by atoms with van der Waals surface area (Å²) in [5.41, 5.74) is 0.835. The third-order valence-electron chi connectivity index (χ3n) is 2.94. The maximum absolute atomic E-state index is 14.1. The number of benzene rings is 1. The van der Waals surface area contributed by atoms with Crippen molar-refractivity contribution in [1.29, 1.82) is 0 Å². The molecule has 0 bridgehead atoms. The summed E-state index contributed by atoms with van der Waals surface area (Å²) in [5.74, 6) is -1.13. The Morgan fingerprint density at radius 1 is 1.48 bits per heavy atom. The summed E-state index contributed by atoms with van der Waals surface area (Å²) in [4.78, 5) is 11.8. The maximum atomic E-state index is 14.1. The molecule has 0 saturated carbocycles. The van der Waals surface area contributed by atoms with E-state index in [4.69, 9.17) is 16.3 Å². The number of nitrogens with zero attached hydrogens (tertiary/aromatic N) is 2. The lowest BCUT2D eigenvalue weighted by Crippen LogP contribution is -2.08. The van der Waals surface area contributed by atoms with Crippen molar-refractivity contribution in [1.82, 2.24) is 9.78 Å². The molecule has 0 saturated heterocycles. The predicted octanol–water partition coefficient (Wildman–Crippen LogP) is 4.34. The van der Waals surface area contributed by atoms with Crippen LogP contribution in [0.25, 0.3) is 5.69 Å². The Bertz CT molecular complexity index is 680. The summed E-state index contributed by atoms with van der Waals surface area (Å²) in [7, 11) is 1.26. The molecule has 1 aromatic carbocycles. The summed E-state index contributed by atoms with van der Waals surface area (Å²) >= 11 is 9.42. The van der Waals surface area contributed by atoms with Gasteiger partial charge in [0.1, 0.15) is 11.5 Å². The number of halogens is 3. The highest BCUT2D eigenvalue weighted by Crippen LogP contribution is 2.33. The van der Waals surface area contributed by atoms with Crippen LogP contribution >= 0.6 is 27.5 Å². The van der Waals surface area contributed by atoms with Gasteiger partial charge in [0.25, 0.3) is 0 Å². The lowest BCUT2D eigenvalue weighted by molar-refractivity contribution is 0.0592. The fraction of sp³-hybridized carbons (Fsp3) is 0.286. The van der Waals surface area contributed by atoms with Gasteiger partial charge in [0, 0.05) is 0 Å². The van der Waals surface area contributed by atoms with Crippen molar-refractivity contribution in [2.45, 2.75) is 19.8 Å². The van der Waals surface area contributed by atoms with E-state index < -0.39 is 11.8 Å². The zero-order chi connectivity index (χ0) is 15.7. The second-order valence-corrected chi connectivity index (χ2v) is 5.88. The molecule has 1 aromatic heterocycles. The van der Waals surface area contributed by atoms with E-state index in [0.717, 1.165) is 0 Å². The van der Waals surface area contributed by atoms with E-state index in [1.807, 2.05) is 13.8 Å². The van der Waals surface area contributed by atoms with Gasteiger partial charge in [-0.1, -0.05) is 31.5 Å².